The second kappa shape index (κ2) is 7.43. The molecule has 4 nitrogen and oxygen atoms in total. The first-order valence-electron chi connectivity index (χ1n) is 7.09. The minimum absolute atomic E-state index is 0.200. The first-order chi connectivity index (χ1) is 8.62. The topological polar surface area (TPSA) is 50.7 Å². The molecule has 0 heterocycles. The van der Waals surface area contributed by atoms with Gasteiger partial charge in [-0.25, -0.2) is 0 Å². The predicted octanol–water partition coefficient (Wildman–Crippen LogP) is 1.57. The first kappa shape index (κ1) is 15.9. The maximum Gasteiger partial charge on any atom is 0.0658 e. The number of rotatable bonds is 9. The van der Waals surface area contributed by atoms with Gasteiger partial charge in [0.1, 0.15) is 0 Å². The van der Waals surface area contributed by atoms with Crippen LogP contribution in [0.1, 0.15) is 40.0 Å². The number of hydrogen-bond acceptors (Lipinski definition) is 4. The van der Waals surface area contributed by atoms with Crippen LogP contribution < -0.4 is 5.32 Å². The predicted molar refractivity (Wildman–Crippen MR) is 72.7 cm³/mol. The van der Waals surface area contributed by atoms with Crippen molar-refractivity contribution in [3.8, 4) is 0 Å². The molecule has 0 aliphatic heterocycles. The van der Waals surface area contributed by atoms with Gasteiger partial charge in [-0.2, -0.15) is 0 Å². The van der Waals surface area contributed by atoms with Gasteiger partial charge in [0.05, 0.1) is 12.7 Å². The average molecular weight is 259 g/mol. The van der Waals surface area contributed by atoms with Crippen LogP contribution in [-0.4, -0.2) is 50.2 Å². The summed E-state index contributed by atoms with van der Waals surface area (Å²) < 4.78 is 11.0. The van der Waals surface area contributed by atoms with Crippen molar-refractivity contribution in [2.75, 3.05) is 26.9 Å². The summed E-state index contributed by atoms with van der Waals surface area (Å²) in [6, 6.07) is 0.698. The highest BCUT2D eigenvalue weighted by molar-refractivity contribution is 5.05. The van der Waals surface area contributed by atoms with Crippen LogP contribution in [0.4, 0.5) is 0 Å². The molecule has 0 aromatic carbocycles. The summed E-state index contributed by atoms with van der Waals surface area (Å²) in [4.78, 5) is 0. The number of ether oxygens (including phenoxy) is 2. The minimum Gasteiger partial charge on any atom is -0.396 e. The van der Waals surface area contributed by atoms with Gasteiger partial charge in [-0.15, -0.1) is 0 Å². The molecule has 0 amide bonds. The standard InChI is InChI=1S/C14H29NO3/c1-5-14(3)12(9-13(14)18-6-2)15-11(7-8-16)10-17-4/h11-13,15-16H,5-10H2,1-4H3. The Balaban J connectivity index is 2.51. The molecule has 1 rings (SSSR count). The Labute approximate surface area is 111 Å². The zero-order valence-electron chi connectivity index (χ0n) is 12.2. The molecule has 4 unspecified atom stereocenters. The molecular weight excluding hydrogens is 230 g/mol. The Morgan fingerprint density at radius 3 is 2.67 bits per heavy atom. The van der Waals surface area contributed by atoms with E-state index in [1.54, 1.807) is 7.11 Å². The molecule has 18 heavy (non-hydrogen) atoms. The number of aliphatic hydroxyl groups is 1. The summed E-state index contributed by atoms with van der Waals surface area (Å²) in [7, 11) is 1.70. The van der Waals surface area contributed by atoms with Gasteiger partial charge in [0, 0.05) is 37.8 Å². The van der Waals surface area contributed by atoms with Crippen LogP contribution in [0, 0.1) is 5.41 Å². The Kier molecular flexibility index (Phi) is 6.57. The second-order valence-electron chi connectivity index (χ2n) is 5.42. The molecule has 108 valence electrons. The summed E-state index contributed by atoms with van der Waals surface area (Å²) in [5, 5.41) is 12.7. The lowest BCUT2D eigenvalue weighted by Crippen LogP contribution is -2.64. The number of aliphatic hydroxyl groups excluding tert-OH is 1. The zero-order chi connectivity index (χ0) is 13.6. The summed E-state index contributed by atoms with van der Waals surface area (Å²) in [5.41, 5.74) is 0.206. The van der Waals surface area contributed by atoms with Crippen molar-refractivity contribution in [2.45, 2.75) is 58.2 Å². The van der Waals surface area contributed by atoms with E-state index in [1.807, 2.05) is 0 Å². The molecule has 1 aliphatic rings. The van der Waals surface area contributed by atoms with Crippen LogP contribution in [0.15, 0.2) is 0 Å². The molecule has 4 atom stereocenters. The number of hydrogen-bond donors (Lipinski definition) is 2. The Hall–Kier alpha value is -0.160. The van der Waals surface area contributed by atoms with E-state index in [4.69, 9.17) is 14.6 Å². The largest absolute Gasteiger partial charge is 0.396 e. The molecule has 0 radical (unpaired) electrons. The first-order valence-corrected chi connectivity index (χ1v) is 7.09. The van der Waals surface area contributed by atoms with E-state index in [1.165, 1.54) is 0 Å². The third-order valence-corrected chi connectivity index (χ3v) is 4.39. The SMILES string of the molecule is CCOC1CC(NC(CCO)COC)C1(C)CC. The zero-order valence-corrected chi connectivity index (χ0v) is 12.2. The molecule has 0 bridgehead atoms. The number of methoxy groups -OCH3 is 1. The van der Waals surface area contributed by atoms with Gasteiger partial charge in [0.15, 0.2) is 0 Å². The van der Waals surface area contributed by atoms with Crippen LogP contribution in [-0.2, 0) is 9.47 Å². The van der Waals surface area contributed by atoms with Gasteiger partial charge in [-0.1, -0.05) is 13.8 Å². The van der Waals surface area contributed by atoms with Crippen molar-refractivity contribution in [3.05, 3.63) is 0 Å². The van der Waals surface area contributed by atoms with E-state index in [0.29, 0.717) is 18.8 Å². The van der Waals surface area contributed by atoms with Gasteiger partial charge < -0.3 is 19.9 Å². The van der Waals surface area contributed by atoms with Crippen LogP contribution >= 0.6 is 0 Å². The van der Waals surface area contributed by atoms with Gasteiger partial charge >= 0.3 is 0 Å². The third-order valence-electron chi connectivity index (χ3n) is 4.39. The minimum atomic E-state index is 0.200. The highest BCUT2D eigenvalue weighted by atomic mass is 16.5. The van der Waals surface area contributed by atoms with E-state index in [0.717, 1.165) is 25.9 Å². The monoisotopic (exact) mass is 259 g/mol. The Morgan fingerprint density at radius 1 is 1.44 bits per heavy atom. The van der Waals surface area contributed by atoms with Crippen LogP contribution in [0.25, 0.3) is 0 Å². The van der Waals surface area contributed by atoms with Crippen LogP contribution in [0.3, 0.4) is 0 Å². The molecule has 0 saturated heterocycles. The third kappa shape index (κ3) is 3.44. The average Bonchev–Trinajstić information content (AvgIpc) is 2.37. The van der Waals surface area contributed by atoms with Crippen LogP contribution in [0.5, 0.6) is 0 Å². The molecule has 0 aromatic heterocycles. The second-order valence-corrected chi connectivity index (χ2v) is 5.42. The fourth-order valence-electron chi connectivity index (χ4n) is 2.86. The maximum atomic E-state index is 9.07. The normalized spacial score (nSPS) is 33.2. The summed E-state index contributed by atoms with van der Waals surface area (Å²) in [5.74, 6) is 0. The molecule has 0 spiro atoms. The lowest BCUT2D eigenvalue weighted by atomic mass is 9.61. The van der Waals surface area contributed by atoms with Crippen LogP contribution in [0.2, 0.25) is 0 Å². The molecule has 1 aliphatic carbocycles. The molecule has 1 fully saturated rings. The van der Waals surface area contributed by atoms with E-state index >= 15 is 0 Å². The molecule has 1 saturated carbocycles. The van der Waals surface area contributed by atoms with Gasteiger partial charge in [-0.3, -0.25) is 0 Å². The Bertz CT molecular complexity index is 231. The lowest BCUT2D eigenvalue weighted by Gasteiger charge is -2.54. The lowest BCUT2D eigenvalue weighted by molar-refractivity contribution is -0.129. The van der Waals surface area contributed by atoms with E-state index in [2.05, 4.69) is 26.1 Å². The van der Waals surface area contributed by atoms with E-state index < -0.39 is 0 Å². The summed E-state index contributed by atoms with van der Waals surface area (Å²) in [6.07, 6.45) is 3.27. The smallest absolute Gasteiger partial charge is 0.0658 e. The van der Waals surface area contributed by atoms with Crippen molar-refractivity contribution in [1.82, 2.24) is 5.32 Å². The van der Waals surface area contributed by atoms with Gasteiger partial charge in [0.2, 0.25) is 0 Å². The van der Waals surface area contributed by atoms with Crippen molar-refractivity contribution >= 4 is 0 Å². The summed E-state index contributed by atoms with van der Waals surface area (Å²) >= 11 is 0. The molecule has 2 N–H and O–H groups in total. The summed E-state index contributed by atoms with van der Waals surface area (Å²) in [6.45, 7) is 8.19. The van der Waals surface area contributed by atoms with Gasteiger partial charge in [0.25, 0.3) is 0 Å². The quantitative estimate of drug-likeness (QED) is 0.660. The van der Waals surface area contributed by atoms with E-state index in [-0.39, 0.29) is 18.1 Å². The van der Waals surface area contributed by atoms with Crippen molar-refractivity contribution in [2.24, 2.45) is 5.41 Å². The van der Waals surface area contributed by atoms with Crippen molar-refractivity contribution < 1.29 is 14.6 Å². The van der Waals surface area contributed by atoms with Crippen molar-refractivity contribution in [3.63, 3.8) is 0 Å². The van der Waals surface area contributed by atoms with Crippen molar-refractivity contribution in [1.29, 1.82) is 0 Å². The molecule has 0 aromatic rings. The maximum absolute atomic E-state index is 9.07. The fourth-order valence-corrected chi connectivity index (χ4v) is 2.86. The fraction of sp³-hybridized carbons (Fsp3) is 1.00. The highest BCUT2D eigenvalue weighted by Gasteiger charge is 2.51. The van der Waals surface area contributed by atoms with Gasteiger partial charge in [-0.05, 0) is 26.2 Å². The number of nitrogens with one attached hydrogen (secondary N) is 1. The molecule has 4 heteroatoms. The van der Waals surface area contributed by atoms with E-state index in [9.17, 15) is 0 Å². The Morgan fingerprint density at radius 2 is 2.17 bits per heavy atom. The molecular formula is C14H29NO3. The highest BCUT2D eigenvalue weighted by Crippen LogP contribution is 2.46.